The van der Waals surface area contributed by atoms with Crippen LogP contribution in [-0.2, 0) is 25.9 Å². The highest BCUT2D eigenvalue weighted by Crippen LogP contribution is 2.25. The summed E-state index contributed by atoms with van der Waals surface area (Å²) < 4.78 is 0. The second-order valence-electron chi connectivity index (χ2n) is 5.14. The summed E-state index contributed by atoms with van der Waals surface area (Å²) in [4.78, 5) is 4.12. The summed E-state index contributed by atoms with van der Waals surface area (Å²) in [7, 11) is 0. The molecule has 0 amide bonds. The molecule has 2 N–H and O–H groups in total. The molecule has 0 unspecified atom stereocenters. The third-order valence-corrected chi connectivity index (χ3v) is 4.84. The SMILES string of the molecule is NCCc1ccccc1CN1CCc2sccc2C1. The molecule has 100 valence electrons. The van der Waals surface area contributed by atoms with Crippen LogP contribution in [0, 0.1) is 0 Å². The fourth-order valence-corrected chi connectivity index (χ4v) is 3.68. The molecule has 1 aliphatic rings. The Hall–Kier alpha value is -1.16. The highest BCUT2D eigenvalue weighted by Gasteiger charge is 2.17. The number of rotatable bonds is 4. The summed E-state index contributed by atoms with van der Waals surface area (Å²) in [6, 6.07) is 11.0. The van der Waals surface area contributed by atoms with Gasteiger partial charge >= 0.3 is 0 Å². The molecule has 0 spiro atoms. The van der Waals surface area contributed by atoms with E-state index in [1.165, 1.54) is 29.7 Å². The number of fused-ring (bicyclic) bond motifs is 1. The van der Waals surface area contributed by atoms with Gasteiger partial charge in [-0.25, -0.2) is 0 Å². The van der Waals surface area contributed by atoms with Gasteiger partial charge in [-0.2, -0.15) is 0 Å². The van der Waals surface area contributed by atoms with Crippen molar-refractivity contribution in [2.75, 3.05) is 13.1 Å². The summed E-state index contributed by atoms with van der Waals surface area (Å²) in [5, 5.41) is 2.22. The highest BCUT2D eigenvalue weighted by atomic mass is 32.1. The first-order valence-electron chi connectivity index (χ1n) is 6.91. The maximum absolute atomic E-state index is 5.70. The van der Waals surface area contributed by atoms with Gasteiger partial charge in [0, 0.05) is 24.5 Å². The van der Waals surface area contributed by atoms with E-state index in [1.807, 2.05) is 11.3 Å². The lowest BCUT2D eigenvalue weighted by Gasteiger charge is -2.27. The first-order valence-corrected chi connectivity index (χ1v) is 7.79. The smallest absolute Gasteiger partial charge is 0.0248 e. The molecule has 19 heavy (non-hydrogen) atoms. The molecule has 0 fully saturated rings. The summed E-state index contributed by atoms with van der Waals surface area (Å²) in [5.41, 5.74) is 10.1. The van der Waals surface area contributed by atoms with Crippen LogP contribution in [0.5, 0.6) is 0 Å². The van der Waals surface area contributed by atoms with Gasteiger partial charge in [0.15, 0.2) is 0 Å². The zero-order chi connectivity index (χ0) is 13.1. The Balaban J connectivity index is 1.72. The Morgan fingerprint density at radius 1 is 1.16 bits per heavy atom. The minimum Gasteiger partial charge on any atom is -0.330 e. The zero-order valence-corrected chi connectivity index (χ0v) is 12.0. The van der Waals surface area contributed by atoms with E-state index in [4.69, 9.17) is 5.73 Å². The van der Waals surface area contributed by atoms with E-state index in [0.717, 1.165) is 26.1 Å². The second kappa shape index (κ2) is 5.87. The number of benzene rings is 1. The van der Waals surface area contributed by atoms with Gasteiger partial charge in [0.05, 0.1) is 0 Å². The van der Waals surface area contributed by atoms with Gasteiger partial charge in [0.25, 0.3) is 0 Å². The third kappa shape index (κ3) is 2.89. The molecule has 3 rings (SSSR count). The van der Waals surface area contributed by atoms with Gasteiger partial charge in [-0.15, -0.1) is 11.3 Å². The van der Waals surface area contributed by atoms with Gasteiger partial charge < -0.3 is 5.73 Å². The number of hydrogen-bond acceptors (Lipinski definition) is 3. The Bertz CT molecular complexity index is 547. The lowest BCUT2D eigenvalue weighted by atomic mass is 10.0. The summed E-state index contributed by atoms with van der Waals surface area (Å²) in [5.74, 6) is 0. The molecule has 1 aromatic heterocycles. The van der Waals surface area contributed by atoms with E-state index in [9.17, 15) is 0 Å². The predicted molar refractivity (Wildman–Crippen MR) is 81.3 cm³/mol. The third-order valence-electron chi connectivity index (χ3n) is 3.81. The fourth-order valence-electron chi connectivity index (χ4n) is 2.79. The maximum Gasteiger partial charge on any atom is 0.0248 e. The standard InChI is InChI=1S/C16H20N2S/c17-8-5-13-3-1-2-4-14(13)11-18-9-6-16-15(12-18)7-10-19-16/h1-4,7,10H,5-6,8-9,11-12,17H2. The second-order valence-corrected chi connectivity index (χ2v) is 6.14. The fraction of sp³-hybridized carbons (Fsp3) is 0.375. The van der Waals surface area contributed by atoms with E-state index < -0.39 is 0 Å². The number of thiophene rings is 1. The molecule has 2 nitrogen and oxygen atoms in total. The van der Waals surface area contributed by atoms with Crippen molar-refractivity contribution in [2.45, 2.75) is 25.9 Å². The first kappa shape index (κ1) is 12.9. The van der Waals surface area contributed by atoms with Crippen LogP contribution in [0.15, 0.2) is 35.7 Å². The van der Waals surface area contributed by atoms with Crippen molar-refractivity contribution >= 4 is 11.3 Å². The number of nitrogens with two attached hydrogens (primary N) is 1. The molecule has 0 bridgehead atoms. The molecule has 1 aliphatic heterocycles. The zero-order valence-electron chi connectivity index (χ0n) is 11.1. The molecule has 0 saturated carbocycles. The topological polar surface area (TPSA) is 29.3 Å². The van der Waals surface area contributed by atoms with Gasteiger partial charge in [0.2, 0.25) is 0 Å². The van der Waals surface area contributed by atoms with Gasteiger partial charge in [-0.1, -0.05) is 24.3 Å². The van der Waals surface area contributed by atoms with Crippen LogP contribution >= 0.6 is 11.3 Å². The van der Waals surface area contributed by atoms with E-state index in [0.29, 0.717) is 0 Å². The van der Waals surface area contributed by atoms with Gasteiger partial charge in [0.1, 0.15) is 0 Å². The summed E-state index contributed by atoms with van der Waals surface area (Å²) >= 11 is 1.90. The quantitative estimate of drug-likeness (QED) is 0.927. The van der Waals surface area contributed by atoms with E-state index in [-0.39, 0.29) is 0 Å². The Morgan fingerprint density at radius 2 is 2.00 bits per heavy atom. The van der Waals surface area contributed by atoms with E-state index in [1.54, 1.807) is 4.88 Å². The molecule has 0 saturated heterocycles. The highest BCUT2D eigenvalue weighted by molar-refractivity contribution is 7.10. The van der Waals surface area contributed by atoms with Crippen LogP contribution in [0.2, 0.25) is 0 Å². The Morgan fingerprint density at radius 3 is 2.84 bits per heavy atom. The molecule has 0 aliphatic carbocycles. The molecule has 0 radical (unpaired) electrons. The first-order chi connectivity index (χ1) is 9.36. The monoisotopic (exact) mass is 272 g/mol. The Kier molecular flexibility index (Phi) is 3.97. The molecular formula is C16H20N2S. The van der Waals surface area contributed by atoms with Crippen LogP contribution in [-0.4, -0.2) is 18.0 Å². The molecule has 1 aromatic carbocycles. The molecule has 0 atom stereocenters. The number of nitrogens with zero attached hydrogens (tertiary/aromatic N) is 1. The van der Waals surface area contributed by atoms with Crippen LogP contribution in [0.1, 0.15) is 21.6 Å². The van der Waals surface area contributed by atoms with E-state index >= 15 is 0 Å². The minimum absolute atomic E-state index is 0.728. The average molecular weight is 272 g/mol. The minimum atomic E-state index is 0.728. The van der Waals surface area contributed by atoms with Crippen molar-refractivity contribution in [3.8, 4) is 0 Å². The normalized spacial score (nSPS) is 15.4. The average Bonchev–Trinajstić information content (AvgIpc) is 2.89. The summed E-state index contributed by atoms with van der Waals surface area (Å²) in [6.45, 7) is 4.04. The number of hydrogen-bond donors (Lipinski definition) is 1. The van der Waals surface area contributed by atoms with Crippen molar-refractivity contribution in [1.29, 1.82) is 0 Å². The van der Waals surface area contributed by atoms with Crippen molar-refractivity contribution in [3.63, 3.8) is 0 Å². The molecule has 2 aromatic rings. The molecular weight excluding hydrogens is 252 g/mol. The predicted octanol–water partition coefficient (Wildman–Crippen LogP) is 2.81. The van der Waals surface area contributed by atoms with Gasteiger partial charge in [-0.05, 0) is 47.5 Å². The molecule has 3 heteroatoms. The lowest BCUT2D eigenvalue weighted by molar-refractivity contribution is 0.247. The van der Waals surface area contributed by atoms with Crippen LogP contribution < -0.4 is 5.73 Å². The van der Waals surface area contributed by atoms with Crippen LogP contribution in [0.25, 0.3) is 0 Å². The Labute approximate surface area is 118 Å². The van der Waals surface area contributed by atoms with Crippen molar-refractivity contribution < 1.29 is 0 Å². The van der Waals surface area contributed by atoms with Crippen LogP contribution in [0.4, 0.5) is 0 Å². The molecule has 2 heterocycles. The van der Waals surface area contributed by atoms with E-state index in [2.05, 4.69) is 40.6 Å². The lowest BCUT2D eigenvalue weighted by Crippen LogP contribution is -2.29. The maximum atomic E-state index is 5.70. The van der Waals surface area contributed by atoms with Gasteiger partial charge in [-0.3, -0.25) is 4.90 Å². The largest absolute Gasteiger partial charge is 0.330 e. The summed E-state index contributed by atoms with van der Waals surface area (Å²) in [6.07, 6.45) is 2.18. The van der Waals surface area contributed by atoms with Crippen LogP contribution in [0.3, 0.4) is 0 Å². The van der Waals surface area contributed by atoms with Crippen molar-refractivity contribution in [2.24, 2.45) is 5.73 Å². The van der Waals surface area contributed by atoms with Crippen molar-refractivity contribution in [3.05, 3.63) is 57.3 Å². The van der Waals surface area contributed by atoms with Crippen molar-refractivity contribution in [1.82, 2.24) is 4.90 Å².